The Labute approximate surface area is 56.0 Å². The van der Waals surface area contributed by atoms with E-state index in [4.69, 9.17) is 25.2 Å². The van der Waals surface area contributed by atoms with Gasteiger partial charge in [0.1, 0.15) is 0 Å². The molecule has 0 radical (unpaired) electrons. The molecule has 56 valence electrons. The second-order valence-electron chi connectivity index (χ2n) is 0.606. The maximum atomic E-state index is 9.00. The number of isocyanates is 2. The molecule has 7 heteroatoms. The number of rotatable bonds is 0. The molecule has 0 aromatic heterocycles. The number of urea groups is 1. The van der Waals surface area contributed by atoms with Crippen LogP contribution in [0.15, 0.2) is 0 Å². The summed E-state index contributed by atoms with van der Waals surface area (Å²) in [6.07, 6.45) is 1.50. The molecule has 0 aromatic carbocycles. The number of primary amides is 2. The van der Waals surface area contributed by atoms with Crippen LogP contribution in [0.2, 0.25) is 0 Å². The summed E-state index contributed by atoms with van der Waals surface area (Å²) in [5.74, 6) is 0. The van der Waals surface area contributed by atoms with Gasteiger partial charge in [-0.1, -0.05) is 0 Å². The van der Waals surface area contributed by atoms with Gasteiger partial charge in [0.2, 0.25) is 12.2 Å². The largest absolute Gasteiger partial charge is 0.352 e. The van der Waals surface area contributed by atoms with Crippen molar-refractivity contribution in [2.24, 2.45) is 11.5 Å². The first kappa shape index (κ1) is 15.7. The van der Waals surface area contributed by atoms with Crippen LogP contribution in [-0.4, -0.2) is 18.2 Å². The van der Waals surface area contributed by atoms with Crippen LogP contribution < -0.4 is 11.5 Å². The zero-order chi connectivity index (χ0) is 8.99. The molecule has 0 aliphatic carbocycles. The molecule has 10 heavy (non-hydrogen) atoms. The zero-order valence-corrected chi connectivity index (χ0v) is 4.88. The van der Waals surface area contributed by atoms with E-state index in [9.17, 15) is 0 Å². The Morgan fingerprint density at radius 1 is 1.10 bits per heavy atom. The molecule has 0 aromatic rings. The summed E-state index contributed by atoms with van der Waals surface area (Å²) >= 11 is 0. The number of hydrogen-bond acceptors (Lipinski definition) is 5. The first-order chi connectivity index (χ1) is 4.56. The predicted molar refractivity (Wildman–Crippen MR) is 30.6 cm³/mol. The van der Waals surface area contributed by atoms with Crippen molar-refractivity contribution in [2.75, 3.05) is 0 Å². The minimum atomic E-state index is -0.833. The number of carbonyl (C=O) groups excluding carboxylic acids is 3. The van der Waals surface area contributed by atoms with E-state index in [-0.39, 0.29) is 0 Å². The van der Waals surface area contributed by atoms with E-state index in [1.165, 1.54) is 0 Å². The van der Waals surface area contributed by atoms with Gasteiger partial charge >= 0.3 is 6.03 Å². The van der Waals surface area contributed by atoms with Crippen LogP contribution in [-0.2, 0) is 9.59 Å². The zero-order valence-electron chi connectivity index (χ0n) is 4.88. The second-order valence-corrected chi connectivity index (χ2v) is 0.606. The van der Waals surface area contributed by atoms with Crippen molar-refractivity contribution in [1.82, 2.24) is 0 Å². The third kappa shape index (κ3) is 39.3. The van der Waals surface area contributed by atoms with E-state index in [1.54, 1.807) is 0 Å². The molecule has 0 saturated carbocycles. The summed E-state index contributed by atoms with van der Waals surface area (Å²) in [5, 5.41) is 10.8. The van der Waals surface area contributed by atoms with Gasteiger partial charge in [0.15, 0.2) is 0 Å². The highest BCUT2D eigenvalue weighted by Gasteiger charge is 1.60. The molecule has 6 N–H and O–H groups in total. The van der Waals surface area contributed by atoms with Crippen molar-refractivity contribution in [2.45, 2.75) is 0 Å². The molecule has 0 spiro atoms. The highest BCUT2D eigenvalue weighted by Crippen LogP contribution is 1.25. The molecular formula is C3H6N4O3. The average molecular weight is 146 g/mol. The number of amides is 2. The molecule has 2 amide bonds. The first-order valence-electron chi connectivity index (χ1n) is 1.69. The minimum Gasteiger partial charge on any atom is -0.352 e. The van der Waals surface area contributed by atoms with Crippen molar-refractivity contribution in [3.63, 3.8) is 0 Å². The van der Waals surface area contributed by atoms with Crippen LogP contribution >= 0.6 is 0 Å². The van der Waals surface area contributed by atoms with Gasteiger partial charge in [-0.05, 0) is 0 Å². The maximum Gasteiger partial charge on any atom is 0.309 e. The minimum absolute atomic E-state index is 0.750. The lowest BCUT2D eigenvalue weighted by atomic mass is 11.2. The molecule has 0 rings (SSSR count). The lowest BCUT2D eigenvalue weighted by molar-refractivity contribution is 0.256. The lowest BCUT2D eigenvalue weighted by Gasteiger charge is -1.62. The number of hydrogen-bond donors (Lipinski definition) is 4. The lowest BCUT2D eigenvalue weighted by Crippen LogP contribution is -2.18. The van der Waals surface area contributed by atoms with Crippen LogP contribution in [0, 0.1) is 10.8 Å². The highest BCUT2D eigenvalue weighted by molar-refractivity contribution is 5.69. The van der Waals surface area contributed by atoms with E-state index in [0.29, 0.717) is 0 Å². The van der Waals surface area contributed by atoms with E-state index < -0.39 is 6.03 Å². The number of nitrogens with one attached hydrogen (secondary N) is 2. The fraction of sp³-hybridized carbons (Fsp3) is 0. The molecule has 0 saturated heterocycles. The van der Waals surface area contributed by atoms with Crippen LogP contribution in [0.5, 0.6) is 0 Å². The average Bonchev–Trinajstić information content (AvgIpc) is 1.65. The maximum absolute atomic E-state index is 9.00. The summed E-state index contributed by atoms with van der Waals surface area (Å²) in [7, 11) is 0. The third-order valence-corrected chi connectivity index (χ3v) is 0. The van der Waals surface area contributed by atoms with Gasteiger partial charge in [-0.2, -0.15) is 0 Å². The van der Waals surface area contributed by atoms with Crippen molar-refractivity contribution in [3.05, 3.63) is 0 Å². The Hall–Kier alpha value is -1.97. The fourth-order valence-corrected chi connectivity index (χ4v) is 0. The SMILES string of the molecule is N=C=O.N=C=O.NC(N)=O. The van der Waals surface area contributed by atoms with Crippen LogP contribution in [0.3, 0.4) is 0 Å². The first-order valence-corrected chi connectivity index (χ1v) is 1.69. The quantitative estimate of drug-likeness (QED) is 0.251. The molecule has 0 bridgehead atoms. The standard InChI is InChI=1S/CH4N2O.2CHNO/c2-1(3)4;2*2-1-3/h(H4,2,3,4);2*2H. The summed E-state index contributed by atoms with van der Waals surface area (Å²) < 4.78 is 0. The van der Waals surface area contributed by atoms with E-state index in [0.717, 1.165) is 12.2 Å². The van der Waals surface area contributed by atoms with Gasteiger partial charge in [0, 0.05) is 0 Å². The van der Waals surface area contributed by atoms with Gasteiger partial charge < -0.3 is 11.5 Å². The van der Waals surface area contributed by atoms with Gasteiger partial charge in [0.05, 0.1) is 0 Å². The van der Waals surface area contributed by atoms with Gasteiger partial charge in [-0.3, -0.25) is 0 Å². The molecule has 0 heterocycles. The molecule has 0 aliphatic heterocycles. The third-order valence-electron chi connectivity index (χ3n) is 0. The number of nitrogens with two attached hydrogens (primary N) is 2. The van der Waals surface area contributed by atoms with Crippen molar-refractivity contribution >= 4 is 18.2 Å². The highest BCUT2D eigenvalue weighted by atomic mass is 16.2. The summed E-state index contributed by atoms with van der Waals surface area (Å²) in [4.78, 5) is 25.7. The Bertz CT molecular complexity index is 126. The summed E-state index contributed by atoms with van der Waals surface area (Å²) in [5.41, 5.74) is 8.50. The van der Waals surface area contributed by atoms with E-state index >= 15 is 0 Å². The Morgan fingerprint density at radius 3 is 1.10 bits per heavy atom. The fourth-order valence-electron chi connectivity index (χ4n) is 0. The molecule has 0 fully saturated rings. The van der Waals surface area contributed by atoms with Gasteiger partial charge in [-0.15, -0.1) is 0 Å². The van der Waals surface area contributed by atoms with Gasteiger partial charge in [-0.25, -0.2) is 25.2 Å². The topological polar surface area (TPSA) is 151 Å². The second kappa shape index (κ2) is 27.8. The monoisotopic (exact) mass is 146 g/mol. The predicted octanol–water partition coefficient (Wildman–Crippen LogP) is -1.17. The van der Waals surface area contributed by atoms with Gasteiger partial charge in [0.25, 0.3) is 0 Å². The Balaban J connectivity index is -0.0000000750. The molecule has 0 unspecified atom stereocenters. The molecule has 0 atom stereocenters. The van der Waals surface area contributed by atoms with Crippen LogP contribution in [0.25, 0.3) is 0 Å². The smallest absolute Gasteiger partial charge is 0.309 e. The van der Waals surface area contributed by atoms with E-state index in [1.807, 2.05) is 0 Å². The van der Waals surface area contributed by atoms with E-state index in [2.05, 4.69) is 11.5 Å². The van der Waals surface area contributed by atoms with Crippen molar-refractivity contribution in [1.29, 1.82) is 10.8 Å². The summed E-state index contributed by atoms with van der Waals surface area (Å²) in [6.45, 7) is 0. The van der Waals surface area contributed by atoms with Crippen molar-refractivity contribution in [3.8, 4) is 0 Å². The molecular weight excluding hydrogens is 140 g/mol. The summed E-state index contributed by atoms with van der Waals surface area (Å²) in [6, 6.07) is -0.833. The normalized spacial score (nSPS) is 4.00. The van der Waals surface area contributed by atoms with Crippen LogP contribution in [0.1, 0.15) is 0 Å². The number of carbonyl (C=O) groups is 1. The molecule has 7 nitrogen and oxygen atoms in total. The van der Waals surface area contributed by atoms with Crippen molar-refractivity contribution < 1.29 is 14.4 Å². The Kier molecular flexibility index (Phi) is 43.7. The Morgan fingerprint density at radius 2 is 1.10 bits per heavy atom. The molecule has 0 aliphatic rings. The van der Waals surface area contributed by atoms with Crippen LogP contribution in [0.4, 0.5) is 4.79 Å².